The van der Waals surface area contributed by atoms with Crippen LogP contribution in [0.25, 0.3) is 0 Å². The van der Waals surface area contributed by atoms with Crippen molar-refractivity contribution in [2.45, 2.75) is 32.3 Å². The minimum atomic E-state index is -0.968. The van der Waals surface area contributed by atoms with Crippen LogP contribution in [0.4, 0.5) is 29.0 Å². The lowest BCUT2D eigenvalue weighted by atomic mass is 10.0. The summed E-state index contributed by atoms with van der Waals surface area (Å²) in [7, 11) is 2.15. The Hall–Kier alpha value is -3.76. The number of anilines is 5. The molecule has 0 saturated carbocycles. The van der Waals surface area contributed by atoms with Crippen molar-refractivity contribution in [1.29, 1.82) is 0 Å². The number of hydrogen-bond acceptors (Lipinski definition) is 9. The molecule has 1 aliphatic heterocycles. The molecule has 0 radical (unpaired) electrons. The fourth-order valence-corrected chi connectivity index (χ4v) is 4.75. The first-order valence-corrected chi connectivity index (χ1v) is 12.8. The van der Waals surface area contributed by atoms with Crippen LogP contribution in [-0.2, 0) is 12.0 Å². The van der Waals surface area contributed by atoms with Gasteiger partial charge in [0, 0.05) is 50.3 Å². The number of benzene rings is 1. The molecule has 1 amide bonds. The maximum atomic E-state index is 12.7. The summed E-state index contributed by atoms with van der Waals surface area (Å²) in [5, 5.41) is 19.9. The van der Waals surface area contributed by atoms with Gasteiger partial charge in [0.1, 0.15) is 22.8 Å². The maximum absolute atomic E-state index is 12.7. The van der Waals surface area contributed by atoms with Crippen molar-refractivity contribution in [3.63, 3.8) is 0 Å². The molecule has 4 N–H and O–H groups in total. The third-order valence-electron chi connectivity index (χ3n) is 6.98. The van der Waals surface area contributed by atoms with Crippen LogP contribution in [0.2, 0.25) is 0 Å². The number of nitrogens with zero attached hydrogens (tertiary/aromatic N) is 5. The van der Waals surface area contributed by atoms with E-state index < -0.39 is 5.60 Å². The van der Waals surface area contributed by atoms with Gasteiger partial charge in [-0.2, -0.15) is 4.98 Å². The summed E-state index contributed by atoms with van der Waals surface area (Å²) in [5.41, 5.74) is 3.07. The molecule has 2 aliphatic rings. The number of pyridine rings is 1. The highest BCUT2D eigenvalue weighted by Crippen LogP contribution is 2.36. The number of amides is 1. The predicted octanol–water partition coefficient (Wildman–Crippen LogP) is 3.01. The lowest BCUT2D eigenvalue weighted by Gasteiger charge is -2.34. The summed E-state index contributed by atoms with van der Waals surface area (Å²) in [5.74, 6) is 0.924. The highest BCUT2D eigenvalue weighted by Gasteiger charge is 2.33. The number of rotatable bonds is 7. The van der Waals surface area contributed by atoms with E-state index in [1.807, 2.05) is 31.2 Å². The SMILES string of the molecule is CCNC(=O)c1cnc(Nc2ccc(N3CCN(C)CC3)cc2)nc1Nc1ccc2c(n1)[C@@](C)(O)CC2. The van der Waals surface area contributed by atoms with Gasteiger partial charge in [-0.25, -0.2) is 9.97 Å². The number of aromatic nitrogens is 3. The van der Waals surface area contributed by atoms with Crippen molar-refractivity contribution < 1.29 is 9.90 Å². The number of carbonyl (C=O) groups excluding carboxylic acids is 1. The normalized spacial score (nSPS) is 19.4. The van der Waals surface area contributed by atoms with Crippen LogP contribution >= 0.6 is 0 Å². The van der Waals surface area contributed by atoms with E-state index in [-0.39, 0.29) is 5.91 Å². The Bertz CT molecular complexity index is 1270. The lowest BCUT2D eigenvalue weighted by Crippen LogP contribution is -2.44. The molecular weight excluding hydrogens is 468 g/mol. The van der Waals surface area contributed by atoms with Crippen molar-refractivity contribution >= 4 is 34.9 Å². The molecule has 10 nitrogen and oxygen atoms in total. The Morgan fingerprint density at radius 3 is 2.54 bits per heavy atom. The molecule has 1 fully saturated rings. The Kier molecular flexibility index (Phi) is 6.94. The molecule has 0 unspecified atom stereocenters. The summed E-state index contributed by atoms with van der Waals surface area (Å²) in [4.78, 5) is 31.0. The second-order valence-electron chi connectivity index (χ2n) is 9.88. The number of nitrogens with one attached hydrogen (secondary N) is 3. The molecule has 194 valence electrons. The number of likely N-dealkylation sites (N-methyl/N-ethyl adjacent to an activating group) is 1. The third-order valence-corrected chi connectivity index (χ3v) is 6.98. The van der Waals surface area contributed by atoms with E-state index in [2.05, 4.69) is 59.9 Å². The van der Waals surface area contributed by atoms with E-state index in [0.717, 1.165) is 43.9 Å². The van der Waals surface area contributed by atoms with Crippen LogP contribution in [0.3, 0.4) is 0 Å². The molecule has 0 bridgehead atoms. The van der Waals surface area contributed by atoms with Crippen LogP contribution in [0.1, 0.15) is 41.9 Å². The topological polar surface area (TPSA) is 119 Å². The molecule has 1 saturated heterocycles. The fraction of sp³-hybridized carbons (Fsp3) is 0.407. The van der Waals surface area contributed by atoms with Crippen LogP contribution in [0.5, 0.6) is 0 Å². The monoisotopic (exact) mass is 502 g/mol. The maximum Gasteiger partial charge on any atom is 0.256 e. The Labute approximate surface area is 217 Å². The molecule has 5 rings (SSSR count). The summed E-state index contributed by atoms with van der Waals surface area (Å²) in [6, 6.07) is 12.0. The Morgan fingerprint density at radius 1 is 1.05 bits per heavy atom. The standard InChI is InChI=1S/C27H34N8O2/c1-4-28-25(36)21-17-29-26(30-19-6-8-20(9-7-19)35-15-13-34(3)14-16-35)33-24(21)32-22-10-5-18-11-12-27(2,37)23(18)31-22/h5-10,17,37H,4,11-16H2,1-3H3,(H,28,36)(H2,29,30,31,32,33)/t27-/m0/s1. The average Bonchev–Trinajstić information content (AvgIpc) is 3.19. The number of aryl methyl sites for hydroxylation is 1. The Morgan fingerprint density at radius 2 is 1.81 bits per heavy atom. The van der Waals surface area contributed by atoms with Crippen molar-refractivity contribution in [2.24, 2.45) is 0 Å². The van der Waals surface area contributed by atoms with Gasteiger partial charge in [0.25, 0.3) is 5.91 Å². The van der Waals surface area contributed by atoms with Gasteiger partial charge in [-0.1, -0.05) is 6.07 Å². The van der Waals surface area contributed by atoms with Crippen LogP contribution in [-0.4, -0.2) is 70.6 Å². The van der Waals surface area contributed by atoms with Crippen LogP contribution < -0.4 is 20.9 Å². The smallest absolute Gasteiger partial charge is 0.256 e. The first kappa shape index (κ1) is 24.9. The van der Waals surface area contributed by atoms with Gasteiger partial charge in [0.05, 0.1) is 5.69 Å². The fourth-order valence-electron chi connectivity index (χ4n) is 4.75. The minimum Gasteiger partial charge on any atom is -0.384 e. The van der Waals surface area contributed by atoms with Crippen LogP contribution in [0.15, 0.2) is 42.6 Å². The van der Waals surface area contributed by atoms with E-state index >= 15 is 0 Å². The molecule has 37 heavy (non-hydrogen) atoms. The van der Waals surface area contributed by atoms with Crippen molar-refractivity contribution in [1.82, 2.24) is 25.2 Å². The molecule has 3 aromatic rings. The van der Waals surface area contributed by atoms with E-state index in [4.69, 9.17) is 0 Å². The zero-order valence-electron chi connectivity index (χ0n) is 21.6. The zero-order valence-corrected chi connectivity index (χ0v) is 21.6. The van der Waals surface area contributed by atoms with Gasteiger partial charge in [-0.05, 0) is 69.6 Å². The van der Waals surface area contributed by atoms with Crippen molar-refractivity contribution in [3.8, 4) is 0 Å². The number of fused-ring (bicyclic) bond motifs is 1. The molecule has 2 aromatic heterocycles. The first-order chi connectivity index (χ1) is 17.8. The quantitative estimate of drug-likeness (QED) is 0.387. The summed E-state index contributed by atoms with van der Waals surface area (Å²) in [6.45, 7) is 8.24. The van der Waals surface area contributed by atoms with Gasteiger partial charge in [0.2, 0.25) is 5.95 Å². The highest BCUT2D eigenvalue weighted by atomic mass is 16.3. The molecule has 10 heteroatoms. The number of piperazine rings is 1. The molecular formula is C27H34N8O2. The molecule has 3 heterocycles. The van der Waals surface area contributed by atoms with Gasteiger partial charge < -0.3 is 30.9 Å². The first-order valence-electron chi connectivity index (χ1n) is 12.8. The summed E-state index contributed by atoms with van der Waals surface area (Å²) in [6.07, 6.45) is 2.93. The number of hydrogen-bond donors (Lipinski definition) is 4. The third kappa shape index (κ3) is 5.50. The van der Waals surface area contributed by atoms with E-state index in [0.29, 0.717) is 41.8 Å². The van der Waals surface area contributed by atoms with Gasteiger partial charge in [0.15, 0.2) is 0 Å². The number of carbonyl (C=O) groups is 1. The van der Waals surface area contributed by atoms with Crippen molar-refractivity contribution in [2.75, 3.05) is 55.3 Å². The molecule has 0 spiro atoms. The van der Waals surface area contributed by atoms with Gasteiger partial charge >= 0.3 is 0 Å². The second kappa shape index (κ2) is 10.3. The summed E-state index contributed by atoms with van der Waals surface area (Å²) < 4.78 is 0. The summed E-state index contributed by atoms with van der Waals surface area (Å²) >= 11 is 0. The van der Waals surface area contributed by atoms with E-state index in [9.17, 15) is 9.90 Å². The zero-order chi connectivity index (χ0) is 26.0. The van der Waals surface area contributed by atoms with Gasteiger partial charge in [-0.3, -0.25) is 4.79 Å². The highest BCUT2D eigenvalue weighted by molar-refractivity contribution is 5.99. The van der Waals surface area contributed by atoms with E-state index in [1.165, 1.54) is 11.9 Å². The van der Waals surface area contributed by atoms with Gasteiger partial charge in [-0.15, -0.1) is 0 Å². The molecule has 1 aliphatic carbocycles. The van der Waals surface area contributed by atoms with Crippen molar-refractivity contribution in [3.05, 3.63) is 59.4 Å². The van der Waals surface area contributed by atoms with Crippen LogP contribution in [0, 0.1) is 0 Å². The predicted molar refractivity (Wildman–Crippen MR) is 145 cm³/mol. The molecule has 1 aromatic carbocycles. The Balaban J connectivity index is 1.37. The second-order valence-corrected chi connectivity index (χ2v) is 9.88. The largest absolute Gasteiger partial charge is 0.384 e. The minimum absolute atomic E-state index is 0.277. The molecule has 1 atom stereocenters. The number of aliphatic hydroxyl groups is 1. The lowest BCUT2D eigenvalue weighted by molar-refractivity contribution is 0.0555. The van der Waals surface area contributed by atoms with E-state index in [1.54, 1.807) is 6.92 Å². The average molecular weight is 503 g/mol.